The molecule has 0 spiro atoms. The predicted octanol–water partition coefficient (Wildman–Crippen LogP) is -0.908. The number of nitrogens with one attached hydrogen (secondary N) is 4. The number of amides is 3. The average Bonchev–Trinajstić information content (AvgIpc) is 3.04. The van der Waals surface area contributed by atoms with Gasteiger partial charge in [-0.2, -0.15) is 11.8 Å². The first-order chi connectivity index (χ1) is 10.6. The average molecular weight is 328 g/mol. The number of rotatable bonds is 8. The van der Waals surface area contributed by atoms with E-state index in [-0.39, 0.29) is 24.0 Å². The van der Waals surface area contributed by atoms with Crippen molar-refractivity contribution in [3.8, 4) is 0 Å². The number of unbranched alkanes of at least 4 members (excludes halogenated alkanes) is 1. The Bertz CT molecular complexity index is 444. The van der Waals surface area contributed by atoms with Crippen molar-refractivity contribution < 1.29 is 9.59 Å². The SMILES string of the molecule is NC=C(CNC(=O)CCCCC1SC[C@@H]2NC(=O)N[C@H]12)NN. The van der Waals surface area contributed by atoms with E-state index in [2.05, 4.69) is 21.4 Å². The second-order valence-electron chi connectivity index (χ2n) is 5.48. The Balaban J connectivity index is 1.57. The van der Waals surface area contributed by atoms with Gasteiger partial charge in [0.2, 0.25) is 5.91 Å². The minimum atomic E-state index is -0.0584. The van der Waals surface area contributed by atoms with Gasteiger partial charge in [-0.1, -0.05) is 6.42 Å². The van der Waals surface area contributed by atoms with Crippen LogP contribution in [0.15, 0.2) is 11.9 Å². The van der Waals surface area contributed by atoms with Gasteiger partial charge in [-0.25, -0.2) is 4.79 Å². The highest BCUT2D eigenvalue weighted by atomic mass is 32.2. The Labute approximate surface area is 134 Å². The molecule has 8 nitrogen and oxygen atoms in total. The van der Waals surface area contributed by atoms with E-state index in [0.717, 1.165) is 25.0 Å². The summed E-state index contributed by atoms with van der Waals surface area (Å²) in [6.07, 6.45) is 4.63. The number of nitrogens with two attached hydrogens (primary N) is 2. The van der Waals surface area contributed by atoms with Gasteiger partial charge in [0, 0.05) is 23.6 Å². The third-order valence-electron chi connectivity index (χ3n) is 3.94. The normalized spacial score (nSPS) is 27.0. The van der Waals surface area contributed by atoms with Crippen LogP contribution >= 0.6 is 11.8 Å². The van der Waals surface area contributed by atoms with Gasteiger partial charge in [0.15, 0.2) is 0 Å². The minimum absolute atomic E-state index is 0.0117. The second kappa shape index (κ2) is 8.14. The first-order valence-corrected chi connectivity index (χ1v) is 8.51. The molecule has 0 aromatic rings. The molecule has 2 fully saturated rings. The van der Waals surface area contributed by atoms with Gasteiger partial charge in [-0.15, -0.1) is 0 Å². The summed E-state index contributed by atoms with van der Waals surface area (Å²) in [4.78, 5) is 23.0. The Morgan fingerprint density at radius 2 is 2.23 bits per heavy atom. The van der Waals surface area contributed by atoms with Gasteiger partial charge in [0.1, 0.15) is 0 Å². The Kier molecular flexibility index (Phi) is 6.20. The third-order valence-corrected chi connectivity index (χ3v) is 5.45. The molecule has 0 aliphatic carbocycles. The Morgan fingerprint density at radius 1 is 1.41 bits per heavy atom. The predicted molar refractivity (Wildman–Crippen MR) is 86.6 cm³/mol. The molecule has 2 aliphatic rings. The standard InChI is InChI=1S/C13H24N6O2S/c14-5-8(19-15)6-16-11(20)4-2-1-3-10-12-9(7-22-10)17-13(21)18-12/h5,9-10,12,19H,1-4,6-7,14-15H2,(H,16,20)(H2,17,18,21)/t9-,10?,12-/m0/s1. The molecule has 2 aliphatic heterocycles. The van der Waals surface area contributed by atoms with Crippen molar-refractivity contribution in [3.05, 3.63) is 11.9 Å². The molecule has 2 heterocycles. The largest absolute Gasteiger partial charge is 0.403 e. The first kappa shape index (κ1) is 16.8. The molecular formula is C13H24N6O2S. The maximum atomic E-state index is 11.7. The third kappa shape index (κ3) is 4.44. The summed E-state index contributed by atoms with van der Waals surface area (Å²) >= 11 is 1.89. The fourth-order valence-electron chi connectivity index (χ4n) is 2.71. The number of carbonyl (C=O) groups is 2. The number of fused-ring (bicyclic) bond motifs is 1. The molecule has 3 amide bonds. The molecule has 9 heteroatoms. The first-order valence-electron chi connectivity index (χ1n) is 7.46. The van der Waals surface area contributed by atoms with E-state index in [9.17, 15) is 9.59 Å². The van der Waals surface area contributed by atoms with Crippen LogP contribution in [0.1, 0.15) is 25.7 Å². The summed E-state index contributed by atoms with van der Waals surface area (Å²) in [5.41, 5.74) is 8.31. The van der Waals surface area contributed by atoms with Crippen LogP contribution in [-0.2, 0) is 4.79 Å². The van der Waals surface area contributed by atoms with Gasteiger partial charge < -0.3 is 27.1 Å². The molecule has 0 aromatic heterocycles. The monoisotopic (exact) mass is 328 g/mol. The van der Waals surface area contributed by atoms with Crippen LogP contribution in [0.25, 0.3) is 0 Å². The molecule has 0 aromatic carbocycles. The van der Waals surface area contributed by atoms with Gasteiger partial charge in [-0.3, -0.25) is 10.6 Å². The zero-order valence-electron chi connectivity index (χ0n) is 12.4. The summed E-state index contributed by atoms with van der Waals surface area (Å²) in [5.74, 6) is 6.18. The van der Waals surface area contributed by atoms with Crippen molar-refractivity contribution in [2.45, 2.75) is 43.0 Å². The number of hydrazine groups is 1. The van der Waals surface area contributed by atoms with Crippen molar-refractivity contribution in [3.63, 3.8) is 0 Å². The Morgan fingerprint density at radius 3 is 2.95 bits per heavy atom. The fraction of sp³-hybridized carbons (Fsp3) is 0.692. The zero-order valence-corrected chi connectivity index (χ0v) is 13.2. The minimum Gasteiger partial charge on any atom is -0.403 e. The smallest absolute Gasteiger partial charge is 0.315 e. The summed E-state index contributed by atoms with van der Waals surface area (Å²) in [7, 11) is 0. The maximum Gasteiger partial charge on any atom is 0.315 e. The van der Waals surface area contributed by atoms with E-state index >= 15 is 0 Å². The van der Waals surface area contributed by atoms with E-state index in [1.54, 1.807) is 0 Å². The lowest BCUT2D eigenvalue weighted by atomic mass is 10.0. The van der Waals surface area contributed by atoms with Crippen molar-refractivity contribution >= 4 is 23.7 Å². The van der Waals surface area contributed by atoms with Crippen molar-refractivity contribution in [1.29, 1.82) is 0 Å². The Hall–Kier alpha value is -1.61. The van der Waals surface area contributed by atoms with E-state index in [0.29, 0.717) is 23.9 Å². The molecule has 0 saturated carbocycles. The highest BCUT2D eigenvalue weighted by Crippen LogP contribution is 2.33. The highest BCUT2D eigenvalue weighted by Gasteiger charge is 2.42. The van der Waals surface area contributed by atoms with E-state index < -0.39 is 0 Å². The molecule has 2 rings (SSSR count). The quantitative estimate of drug-likeness (QED) is 0.148. The number of hydrogen-bond donors (Lipinski definition) is 6. The van der Waals surface area contributed by atoms with E-state index in [1.165, 1.54) is 6.20 Å². The number of thioether (sulfide) groups is 1. The molecule has 0 radical (unpaired) electrons. The van der Waals surface area contributed by atoms with Gasteiger partial charge in [-0.05, 0) is 12.8 Å². The molecule has 3 atom stereocenters. The van der Waals surface area contributed by atoms with Crippen LogP contribution in [0.2, 0.25) is 0 Å². The number of hydrogen-bond acceptors (Lipinski definition) is 6. The van der Waals surface area contributed by atoms with Gasteiger partial charge in [0.05, 0.1) is 24.3 Å². The van der Waals surface area contributed by atoms with Crippen LogP contribution in [-0.4, -0.2) is 41.6 Å². The lowest BCUT2D eigenvalue weighted by molar-refractivity contribution is -0.121. The fourth-order valence-corrected chi connectivity index (χ4v) is 4.26. The second-order valence-corrected chi connectivity index (χ2v) is 6.75. The van der Waals surface area contributed by atoms with Crippen LogP contribution in [0.4, 0.5) is 4.79 Å². The topological polar surface area (TPSA) is 134 Å². The van der Waals surface area contributed by atoms with Crippen LogP contribution in [0, 0.1) is 0 Å². The van der Waals surface area contributed by atoms with Gasteiger partial charge >= 0.3 is 6.03 Å². The molecule has 22 heavy (non-hydrogen) atoms. The van der Waals surface area contributed by atoms with Crippen LogP contribution < -0.4 is 33.0 Å². The number of urea groups is 1. The zero-order chi connectivity index (χ0) is 15.9. The van der Waals surface area contributed by atoms with Crippen LogP contribution in [0.5, 0.6) is 0 Å². The molecule has 124 valence electrons. The summed E-state index contributed by atoms with van der Waals surface area (Å²) in [6, 6.07) is 0.437. The molecule has 1 unspecified atom stereocenters. The maximum absolute atomic E-state index is 11.7. The molecular weight excluding hydrogens is 304 g/mol. The molecule has 0 bridgehead atoms. The summed E-state index contributed by atoms with van der Waals surface area (Å²) < 4.78 is 0. The van der Waals surface area contributed by atoms with Gasteiger partial charge in [0.25, 0.3) is 0 Å². The van der Waals surface area contributed by atoms with E-state index in [1.807, 2.05) is 11.8 Å². The van der Waals surface area contributed by atoms with E-state index in [4.69, 9.17) is 11.6 Å². The highest BCUT2D eigenvalue weighted by molar-refractivity contribution is 8.00. The van der Waals surface area contributed by atoms with Crippen molar-refractivity contribution in [1.82, 2.24) is 21.4 Å². The van der Waals surface area contributed by atoms with Crippen molar-refractivity contribution in [2.75, 3.05) is 12.3 Å². The summed E-state index contributed by atoms with van der Waals surface area (Å²) in [5, 5.41) is 9.10. The van der Waals surface area contributed by atoms with Crippen molar-refractivity contribution in [2.24, 2.45) is 11.6 Å². The lowest BCUT2D eigenvalue weighted by Crippen LogP contribution is -2.36. The van der Waals surface area contributed by atoms with Crippen LogP contribution in [0.3, 0.4) is 0 Å². The summed E-state index contributed by atoms with van der Waals surface area (Å²) in [6.45, 7) is 0.311. The molecule has 8 N–H and O–H groups in total. The molecule has 2 saturated heterocycles. The number of carbonyl (C=O) groups excluding carboxylic acids is 2. The lowest BCUT2D eigenvalue weighted by Gasteiger charge is -2.16.